The summed E-state index contributed by atoms with van der Waals surface area (Å²) in [5.41, 5.74) is 1.57. The SMILES string of the molecule is C[C@H](C(=O)Nc1ccc2c(c1)OCO2)[NH+]1CCN(c2ccccc2O)CC1. The first kappa shape index (κ1) is 17.5. The number of nitrogens with one attached hydrogen (secondary N) is 2. The molecule has 1 amide bonds. The maximum atomic E-state index is 12.7. The van der Waals surface area contributed by atoms with Crippen molar-refractivity contribution in [2.75, 3.05) is 43.2 Å². The van der Waals surface area contributed by atoms with E-state index < -0.39 is 0 Å². The third-order valence-corrected chi connectivity index (χ3v) is 5.27. The van der Waals surface area contributed by atoms with Gasteiger partial charge in [0.1, 0.15) is 5.75 Å². The van der Waals surface area contributed by atoms with Gasteiger partial charge in [0.05, 0.1) is 31.9 Å². The number of piperazine rings is 1. The third kappa shape index (κ3) is 3.64. The average molecular weight is 370 g/mol. The maximum Gasteiger partial charge on any atom is 0.282 e. The summed E-state index contributed by atoms with van der Waals surface area (Å²) in [6, 6.07) is 12.6. The van der Waals surface area contributed by atoms with Crippen LogP contribution in [-0.4, -0.2) is 50.0 Å². The first-order valence-electron chi connectivity index (χ1n) is 9.20. The summed E-state index contributed by atoms with van der Waals surface area (Å²) >= 11 is 0. The van der Waals surface area contributed by atoms with Crippen molar-refractivity contribution in [2.24, 2.45) is 0 Å². The molecule has 0 bridgehead atoms. The molecule has 142 valence electrons. The number of amides is 1. The number of quaternary nitrogens is 1. The Labute approximate surface area is 158 Å². The minimum atomic E-state index is -0.165. The van der Waals surface area contributed by atoms with Gasteiger partial charge in [-0.15, -0.1) is 0 Å². The Bertz CT molecular complexity index is 834. The Balaban J connectivity index is 1.34. The molecule has 0 radical (unpaired) electrons. The van der Waals surface area contributed by atoms with E-state index in [0.29, 0.717) is 22.9 Å². The molecule has 0 spiro atoms. The van der Waals surface area contributed by atoms with Gasteiger partial charge in [-0.1, -0.05) is 12.1 Å². The molecular formula is C20H24N3O4+. The molecule has 1 saturated heterocycles. The summed E-state index contributed by atoms with van der Waals surface area (Å²) in [4.78, 5) is 16.1. The molecule has 7 nitrogen and oxygen atoms in total. The number of aromatic hydroxyl groups is 1. The Kier molecular flexibility index (Phi) is 4.77. The topological polar surface area (TPSA) is 75.5 Å². The standard InChI is InChI=1S/C20H23N3O4/c1-14(20(25)21-15-6-7-18-19(12-15)27-13-26-18)22-8-10-23(11-9-22)16-4-2-3-5-17(16)24/h2-7,12,14,24H,8-11,13H2,1H3,(H,21,25)/p+1/t14-/m1/s1. The summed E-state index contributed by atoms with van der Waals surface area (Å²) in [7, 11) is 0. The quantitative estimate of drug-likeness (QED) is 0.744. The van der Waals surface area contributed by atoms with Crippen LogP contribution in [0.15, 0.2) is 42.5 Å². The number of phenols is 1. The first-order valence-corrected chi connectivity index (χ1v) is 9.20. The zero-order valence-electron chi connectivity index (χ0n) is 15.3. The van der Waals surface area contributed by atoms with E-state index >= 15 is 0 Å². The second kappa shape index (κ2) is 7.36. The number of ether oxygens (including phenoxy) is 2. The molecule has 0 unspecified atom stereocenters. The average Bonchev–Trinajstić information content (AvgIpc) is 3.16. The number of anilines is 2. The van der Waals surface area contributed by atoms with Crippen LogP contribution in [0.4, 0.5) is 11.4 Å². The number of para-hydroxylation sites is 2. The fraction of sp³-hybridized carbons (Fsp3) is 0.350. The highest BCUT2D eigenvalue weighted by Gasteiger charge is 2.30. The van der Waals surface area contributed by atoms with E-state index in [2.05, 4.69) is 10.2 Å². The van der Waals surface area contributed by atoms with E-state index in [-0.39, 0.29) is 18.7 Å². The van der Waals surface area contributed by atoms with E-state index in [0.717, 1.165) is 31.9 Å². The van der Waals surface area contributed by atoms with E-state index in [9.17, 15) is 9.90 Å². The molecule has 1 atom stereocenters. The number of nitrogens with zero attached hydrogens (tertiary/aromatic N) is 1. The molecule has 0 saturated carbocycles. The minimum absolute atomic E-state index is 0.0140. The summed E-state index contributed by atoms with van der Waals surface area (Å²) in [6.07, 6.45) is 0. The molecule has 7 heteroatoms. The Morgan fingerprint density at radius 2 is 1.89 bits per heavy atom. The van der Waals surface area contributed by atoms with Gasteiger partial charge < -0.3 is 29.7 Å². The van der Waals surface area contributed by atoms with Crippen molar-refractivity contribution in [1.29, 1.82) is 0 Å². The number of benzene rings is 2. The van der Waals surface area contributed by atoms with Gasteiger partial charge in [-0.2, -0.15) is 0 Å². The van der Waals surface area contributed by atoms with E-state index in [4.69, 9.17) is 9.47 Å². The van der Waals surface area contributed by atoms with Gasteiger partial charge in [0, 0.05) is 11.8 Å². The van der Waals surface area contributed by atoms with Crippen LogP contribution >= 0.6 is 0 Å². The summed E-state index contributed by atoms with van der Waals surface area (Å²) < 4.78 is 10.7. The molecule has 2 aliphatic rings. The van der Waals surface area contributed by atoms with Crippen LogP contribution in [0.3, 0.4) is 0 Å². The van der Waals surface area contributed by atoms with E-state index in [1.165, 1.54) is 4.90 Å². The van der Waals surface area contributed by atoms with Crippen LogP contribution in [0.25, 0.3) is 0 Å². The fourth-order valence-corrected chi connectivity index (χ4v) is 3.61. The Morgan fingerprint density at radius 1 is 1.15 bits per heavy atom. The van der Waals surface area contributed by atoms with Gasteiger partial charge in [-0.25, -0.2) is 0 Å². The molecule has 0 aromatic heterocycles. The van der Waals surface area contributed by atoms with E-state index in [1.807, 2.05) is 31.2 Å². The van der Waals surface area contributed by atoms with E-state index in [1.54, 1.807) is 18.2 Å². The van der Waals surface area contributed by atoms with Crippen molar-refractivity contribution in [3.8, 4) is 17.2 Å². The normalized spacial score (nSPS) is 17.6. The summed E-state index contributed by atoms with van der Waals surface area (Å²) in [5, 5.41) is 13.0. The number of phenolic OH excluding ortho intramolecular Hbond substituents is 1. The first-order chi connectivity index (χ1) is 13.1. The number of hydrogen-bond acceptors (Lipinski definition) is 5. The number of carbonyl (C=O) groups excluding carboxylic acids is 1. The molecule has 1 fully saturated rings. The van der Waals surface area contributed by atoms with Gasteiger partial charge in [-0.05, 0) is 31.2 Å². The lowest BCUT2D eigenvalue weighted by molar-refractivity contribution is -0.914. The number of hydrogen-bond donors (Lipinski definition) is 3. The monoisotopic (exact) mass is 370 g/mol. The lowest BCUT2D eigenvalue weighted by Gasteiger charge is -2.36. The van der Waals surface area contributed by atoms with Crippen LogP contribution in [-0.2, 0) is 4.79 Å². The van der Waals surface area contributed by atoms with Gasteiger partial charge in [0.2, 0.25) is 6.79 Å². The van der Waals surface area contributed by atoms with Crippen molar-refractivity contribution in [2.45, 2.75) is 13.0 Å². The van der Waals surface area contributed by atoms with Crippen LogP contribution < -0.4 is 24.6 Å². The third-order valence-electron chi connectivity index (χ3n) is 5.27. The largest absolute Gasteiger partial charge is 0.506 e. The van der Waals surface area contributed by atoms with Crippen molar-refractivity contribution in [1.82, 2.24) is 0 Å². The van der Waals surface area contributed by atoms with Crippen LogP contribution in [0, 0.1) is 0 Å². The lowest BCUT2D eigenvalue weighted by Crippen LogP contribution is -3.19. The van der Waals surface area contributed by atoms with Crippen molar-refractivity contribution in [3.05, 3.63) is 42.5 Å². The molecule has 2 aliphatic heterocycles. The molecule has 4 rings (SSSR count). The van der Waals surface area contributed by atoms with Crippen LogP contribution in [0.5, 0.6) is 17.2 Å². The highest BCUT2D eigenvalue weighted by molar-refractivity contribution is 5.94. The predicted molar refractivity (Wildman–Crippen MR) is 102 cm³/mol. The highest BCUT2D eigenvalue weighted by atomic mass is 16.7. The summed E-state index contributed by atoms with van der Waals surface area (Å²) in [5.74, 6) is 1.64. The molecule has 27 heavy (non-hydrogen) atoms. The maximum absolute atomic E-state index is 12.7. The second-order valence-corrected chi connectivity index (χ2v) is 6.91. The molecular weight excluding hydrogens is 346 g/mol. The Hall–Kier alpha value is -2.93. The minimum Gasteiger partial charge on any atom is -0.506 e. The number of fused-ring (bicyclic) bond motifs is 1. The zero-order valence-corrected chi connectivity index (χ0v) is 15.3. The van der Waals surface area contributed by atoms with Gasteiger partial charge in [-0.3, -0.25) is 4.79 Å². The van der Waals surface area contributed by atoms with Crippen molar-refractivity contribution in [3.63, 3.8) is 0 Å². The predicted octanol–water partition coefficient (Wildman–Crippen LogP) is 0.853. The smallest absolute Gasteiger partial charge is 0.282 e. The van der Waals surface area contributed by atoms with Crippen molar-refractivity contribution < 1.29 is 24.3 Å². The van der Waals surface area contributed by atoms with Crippen LogP contribution in [0.1, 0.15) is 6.92 Å². The zero-order chi connectivity index (χ0) is 18.8. The van der Waals surface area contributed by atoms with Crippen molar-refractivity contribution >= 4 is 17.3 Å². The summed E-state index contributed by atoms with van der Waals surface area (Å²) in [6.45, 7) is 5.44. The van der Waals surface area contributed by atoms with Gasteiger partial charge >= 0.3 is 0 Å². The second-order valence-electron chi connectivity index (χ2n) is 6.91. The lowest BCUT2D eigenvalue weighted by atomic mass is 10.2. The number of carbonyl (C=O) groups is 1. The van der Waals surface area contributed by atoms with Gasteiger partial charge in [0.15, 0.2) is 17.5 Å². The molecule has 2 heterocycles. The fourth-order valence-electron chi connectivity index (χ4n) is 3.61. The molecule has 3 N–H and O–H groups in total. The number of rotatable bonds is 4. The highest BCUT2D eigenvalue weighted by Crippen LogP contribution is 2.34. The van der Waals surface area contributed by atoms with Crippen LogP contribution in [0.2, 0.25) is 0 Å². The van der Waals surface area contributed by atoms with Gasteiger partial charge in [0.25, 0.3) is 5.91 Å². The molecule has 2 aromatic carbocycles. The Morgan fingerprint density at radius 3 is 2.67 bits per heavy atom. The molecule has 0 aliphatic carbocycles. The molecule has 2 aromatic rings.